The van der Waals surface area contributed by atoms with Crippen LogP contribution in [-0.4, -0.2) is 75.7 Å². The number of hydrogen-bond donors (Lipinski definition) is 5. The fraction of sp³-hybridized carbons (Fsp3) is 0.565. The molecule has 0 bridgehead atoms. The van der Waals surface area contributed by atoms with E-state index in [4.69, 9.17) is 9.97 Å². The number of nitrogens with one attached hydrogen (secondary N) is 3. The normalized spacial score (nSPS) is 24.4. The molecule has 4 atom stereocenters. The molecule has 11 nitrogen and oxygen atoms in total. The van der Waals surface area contributed by atoms with E-state index in [2.05, 4.69) is 25.3 Å². The van der Waals surface area contributed by atoms with E-state index in [0.717, 1.165) is 45.1 Å². The molecule has 0 radical (unpaired) electrons. The molecule has 2 aliphatic rings. The minimum absolute atomic E-state index is 0.263. The van der Waals surface area contributed by atoms with Crippen molar-refractivity contribution in [2.75, 3.05) is 23.4 Å². The molecular formula is C23H31N7O4S2. The molecule has 3 aromatic heterocycles. The van der Waals surface area contributed by atoms with Crippen molar-refractivity contribution < 1.29 is 18.6 Å². The maximum Gasteiger partial charge on any atom is 0.225 e. The Morgan fingerprint density at radius 2 is 1.78 bits per heavy atom. The Morgan fingerprint density at radius 1 is 1.03 bits per heavy atom. The maximum absolute atomic E-state index is 12.1. The first kappa shape index (κ1) is 25.2. The first-order valence-electron chi connectivity index (χ1n) is 12.0. The summed E-state index contributed by atoms with van der Waals surface area (Å²) >= 11 is 1.52. The number of aliphatic hydroxyl groups excluding tert-OH is 2. The van der Waals surface area contributed by atoms with E-state index >= 15 is 0 Å². The van der Waals surface area contributed by atoms with Gasteiger partial charge in [-0.25, -0.2) is 23.1 Å². The average Bonchev–Trinajstić information content (AvgIpc) is 3.46. The van der Waals surface area contributed by atoms with Gasteiger partial charge >= 0.3 is 0 Å². The van der Waals surface area contributed by atoms with Crippen molar-refractivity contribution in [2.24, 2.45) is 5.92 Å². The van der Waals surface area contributed by atoms with Gasteiger partial charge in [0, 0.05) is 17.7 Å². The van der Waals surface area contributed by atoms with Crippen molar-refractivity contribution in [3.8, 4) is 10.6 Å². The van der Waals surface area contributed by atoms with Crippen molar-refractivity contribution in [3.05, 3.63) is 23.1 Å². The van der Waals surface area contributed by atoms with Gasteiger partial charge in [0.25, 0.3) is 0 Å². The molecule has 2 fully saturated rings. The zero-order valence-corrected chi connectivity index (χ0v) is 22.2. The van der Waals surface area contributed by atoms with Crippen molar-refractivity contribution >= 4 is 43.3 Å². The van der Waals surface area contributed by atoms with Crippen LogP contribution in [0.5, 0.6) is 0 Å². The summed E-state index contributed by atoms with van der Waals surface area (Å²) < 4.78 is 27.4. The second-order valence-electron chi connectivity index (χ2n) is 9.70. The van der Waals surface area contributed by atoms with Crippen molar-refractivity contribution in [3.63, 3.8) is 0 Å². The number of rotatable bonds is 8. The number of sulfonamides is 1. The molecule has 3 heterocycles. The molecule has 0 aliphatic heterocycles. The summed E-state index contributed by atoms with van der Waals surface area (Å²) in [6.45, 7) is 5.77. The van der Waals surface area contributed by atoms with Crippen molar-refractivity contribution in [1.82, 2.24) is 24.7 Å². The average molecular weight is 534 g/mol. The molecule has 0 unspecified atom stereocenters. The minimum atomic E-state index is -3.55. The predicted octanol–water partition coefficient (Wildman–Crippen LogP) is 1.72. The third-order valence-corrected chi connectivity index (χ3v) is 9.27. The van der Waals surface area contributed by atoms with Crippen LogP contribution in [0.25, 0.3) is 20.8 Å². The third kappa shape index (κ3) is 5.02. The fourth-order valence-corrected chi connectivity index (χ4v) is 6.99. The maximum atomic E-state index is 12.1. The minimum Gasteiger partial charge on any atom is -0.390 e. The first-order valence-corrected chi connectivity index (χ1v) is 14.5. The molecule has 2 saturated carbocycles. The van der Waals surface area contributed by atoms with Crippen LogP contribution < -0.4 is 15.4 Å². The number of hydrogen-bond acceptors (Lipinski definition) is 11. The highest BCUT2D eigenvalue weighted by atomic mass is 32.2. The fourth-order valence-electron chi connectivity index (χ4n) is 4.72. The summed E-state index contributed by atoms with van der Waals surface area (Å²) in [5.41, 5.74) is 4.01. The molecule has 0 amide bonds. The third-order valence-electron chi connectivity index (χ3n) is 6.76. The molecule has 13 heteroatoms. The van der Waals surface area contributed by atoms with Crippen LogP contribution in [0.4, 0.5) is 11.8 Å². The topological polar surface area (TPSA) is 162 Å². The highest BCUT2D eigenvalue weighted by Crippen LogP contribution is 2.39. The Morgan fingerprint density at radius 3 is 2.47 bits per heavy atom. The number of thiazole rings is 1. The summed E-state index contributed by atoms with van der Waals surface area (Å²) in [4.78, 5) is 18.8. The second-order valence-corrected chi connectivity index (χ2v) is 12.7. The summed E-state index contributed by atoms with van der Waals surface area (Å²) in [5, 5.41) is 28.7. The Labute approximate surface area is 213 Å². The zero-order chi connectivity index (χ0) is 25.8. The first-order chi connectivity index (χ1) is 17.0. The Kier molecular flexibility index (Phi) is 6.62. The summed E-state index contributed by atoms with van der Waals surface area (Å²) in [6.07, 6.45) is 0.0470. The predicted molar refractivity (Wildman–Crippen MR) is 140 cm³/mol. The van der Waals surface area contributed by atoms with E-state index in [1.165, 1.54) is 18.4 Å². The number of aromatic nitrogens is 4. The van der Waals surface area contributed by atoms with E-state index in [-0.39, 0.29) is 12.2 Å². The summed E-state index contributed by atoms with van der Waals surface area (Å²) in [6, 6.07) is 1.75. The molecule has 0 aromatic carbocycles. The monoisotopic (exact) mass is 533 g/mol. The van der Waals surface area contributed by atoms with Gasteiger partial charge in [-0.15, -0.1) is 11.3 Å². The van der Waals surface area contributed by atoms with Crippen molar-refractivity contribution in [1.29, 1.82) is 0 Å². The molecular weight excluding hydrogens is 502 g/mol. The number of nitrogens with zero attached hydrogens (tertiary/aromatic N) is 4. The Bertz CT molecular complexity index is 1410. The van der Waals surface area contributed by atoms with E-state index in [9.17, 15) is 18.6 Å². The van der Waals surface area contributed by atoms with Crippen LogP contribution in [0, 0.1) is 26.7 Å². The molecule has 0 saturated heterocycles. The smallest absolute Gasteiger partial charge is 0.225 e. The molecule has 5 rings (SSSR count). The summed E-state index contributed by atoms with van der Waals surface area (Å²) in [5.74, 6) is 0.0800. The van der Waals surface area contributed by atoms with Gasteiger partial charge in [-0.05, 0) is 53.1 Å². The Balaban J connectivity index is 1.52. The number of fused-ring (bicyclic) bond motifs is 1. The highest BCUT2D eigenvalue weighted by molar-refractivity contribution is 7.89. The molecule has 2 aliphatic carbocycles. The number of anilines is 2. The van der Waals surface area contributed by atoms with Crippen LogP contribution in [0.2, 0.25) is 0 Å². The van der Waals surface area contributed by atoms with Gasteiger partial charge in [0.2, 0.25) is 16.0 Å². The van der Waals surface area contributed by atoms with Crippen LogP contribution in [-0.2, 0) is 10.0 Å². The van der Waals surface area contributed by atoms with Gasteiger partial charge in [-0.2, -0.15) is 4.98 Å². The quantitative estimate of drug-likeness (QED) is 0.288. The lowest BCUT2D eigenvalue weighted by atomic mass is 10.1. The van der Waals surface area contributed by atoms with Gasteiger partial charge in [0.05, 0.1) is 39.5 Å². The lowest BCUT2D eigenvalue weighted by Crippen LogP contribution is -2.37. The highest BCUT2D eigenvalue weighted by Gasteiger charge is 2.43. The van der Waals surface area contributed by atoms with E-state index in [1.807, 2.05) is 26.8 Å². The lowest BCUT2D eigenvalue weighted by molar-refractivity contribution is 0.0216. The number of aryl methyl sites for hydroxylation is 3. The molecule has 0 spiro atoms. The van der Waals surface area contributed by atoms with Gasteiger partial charge in [0.15, 0.2) is 0 Å². The number of pyridine rings is 1. The SMILES string of the molecule is CNS(=O)(=O)C[C@H]1C[C@@H](Nc2nc(NC3CC3)nc(C)c2-c2nc3c(C)nc(C)cc3s2)[C@H](O)[C@@H]1O. The van der Waals surface area contributed by atoms with E-state index < -0.39 is 34.2 Å². The van der Waals surface area contributed by atoms with E-state index in [0.29, 0.717) is 23.4 Å². The van der Waals surface area contributed by atoms with Gasteiger partial charge in [-0.1, -0.05) is 0 Å². The van der Waals surface area contributed by atoms with Gasteiger partial charge in [0.1, 0.15) is 22.4 Å². The van der Waals surface area contributed by atoms with Gasteiger partial charge in [-0.3, -0.25) is 4.98 Å². The van der Waals surface area contributed by atoms with Crippen LogP contribution in [0.1, 0.15) is 36.3 Å². The van der Waals surface area contributed by atoms with Crippen molar-refractivity contribution in [2.45, 2.75) is 64.3 Å². The van der Waals surface area contributed by atoms with Gasteiger partial charge < -0.3 is 20.8 Å². The molecule has 36 heavy (non-hydrogen) atoms. The second kappa shape index (κ2) is 9.45. The number of aliphatic hydroxyl groups is 2. The van der Waals surface area contributed by atoms with Crippen LogP contribution in [0.15, 0.2) is 6.07 Å². The molecule has 194 valence electrons. The largest absolute Gasteiger partial charge is 0.390 e. The zero-order valence-electron chi connectivity index (χ0n) is 20.6. The Hall–Kier alpha value is -2.45. The van der Waals surface area contributed by atoms with E-state index in [1.54, 1.807) is 0 Å². The standard InChI is InChI=1S/C23H31N7O4S2/c1-10-7-16-18(12(3)25-10)29-22(35-16)17-11(2)26-23(27-14-5-6-14)30-21(17)28-15-8-13(19(31)20(15)32)9-36(33,34)24-4/h7,13-15,19-20,24,31-32H,5-6,8-9H2,1-4H3,(H2,26,27,28,30)/t13-,15-,19-,20+/m1/s1. The lowest BCUT2D eigenvalue weighted by Gasteiger charge is -2.21. The molecule has 3 aromatic rings. The molecule has 5 N–H and O–H groups in total. The summed E-state index contributed by atoms with van der Waals surface area (Å²) in [7, 11) is -2.21. The van der Waals surface area contributed by atoms with Crippen LogP contribution >= 0.6 is 11.3 Å². The van der Waals surface area contributed by atoms with Crippen LogP contribution in [0.3, 0.4) is 0 Å².